The zero-order chi connectivity index (χ0) is 21.2. The molecule has 0 spiro atoms. The molecule has 10 heteroatoms. The van der Waals surface area contributed by atoms with Crippen LogP contribution < -0.4 is 10.9 Å². The van der Waals surface area contributed by atoms with E-state index in [1.807, 2.05) is 30.3 Å². The molecule has 2 N–H and O–H groups in total. The first-order valence-electron chi connectivity index (χ1n) is 8.62. The van der Waals surface area contributed by atoms with Crippen molar-refractivity contribution in [1.29, 1.82) is 0 Å². The van der Waals surface area contributed by atoms with Gasteiger partial charge in [-0.2, -0.15) is 0 Å². The third-order valence-electron chi connectivity index (χ3n) is 3.77. The summed E-state index contributed by atoms with van der Waals surface area (Å²) in [6.45, 7) is 0. The Labute approximate surface area is 171 Å². The Morgan fingerprint density at radius 1 is 1.17 bits per heavy atom. The van der Waals surface area contributed by atoms with Crippen LogP contribution in [0.15, 0.2) is 46.3 Å². The fourth-order valence-electron chi connectivity index (χ4n) is 2.42. The minimum Gasteiger partial charge on any atom is -0.469 e. The van der Waals surface area contributed by atoms with E-state index in [1.165, 1.54) is 20.3 Å². The molecule has 0 radical (unpaired) electrons. The second kappa shape index (κ2) is 11.0. The van der Waals surface area contributed by atoms with E-state index in [0.29, 0.717) is 0 Å². The van der Waals surface area contributed by atoms with E-state index in [1.54, 1.807) is 0 Å². The van der Waals surface area contributed by atoms with Crippen molar-refractivity contribution < 1.29 is 23.9 Å². The zero-order valence-corrected chi connectivity index (χ0v) is 16.8. The average molecular weight is 419 g/mol. The standard InChI is InChI=1S/C19H21N3O6S/c1-27-17(25)10-13-9-15(23)22-19(20-13)29-11-16(24)21-14(18(26)28-2)8-12-6-4-3-5-7-12/h3-7,9,14H,8,10-11H2,1-2H3,(H,21,24)(H,20,22,23)/t14-/m0/s1. The molecule has 2 aromatic rings. The number of rotatable bonds is 9. The number of hydrogen-bond donors (Lipinski definition) is 2. The fraction of sp³-hybridized carbons (Fsp3) is 0.316. The van der Waals surface area contributed by atoms with Crippen molar-refractivity contribution >= 4 is 29.6 Å². The lowest BCUT2D eigenvalue weighted by atomic mass is 10.1. The molecule has 1 aromatic carbocycles. The van der Waals surface area contributed by atoms with Crippen molar-refractivity contribution in [3.05, 3.63) is 58.0 Å². The molecule has 1 aromatic heterocycles. The lowest BCUT2D eigenvalue weighted by Gasteiger charge is -2.16. The number of nitrogens with one attached hydrogen (secondary N) is 2. The molecular weight excluding hydrogens is 398 g/mol. The molecule has 0 aliphatic carbocycles. The summed E-state index contributed by atoms with van der Waals surface area (Å²) in [4.78, 5) is 54.0. The molecular formula is C19H21N3O6S. The summed E-state index contributed by atoms with van der Waals surface area (Å²) in [6, 6.07) is 9.57. The molecule has 1 atom stereocenters. The number of amides is 1. The predicted molar refractivity (Wildman–Crippen MR) is 105 cm³/mol. The van der Waals surface area contributed by atoms with Gasteiger partial charge in [-0.15, -0.1) is 0 Å². The summed E-state index contributed by atoms with van der Waals surface area (Å²) in [6.07, 6.45) is 0.134. The van der Waals surface area contributed by atoms with Crippen LogP contribution in [-0.2, 0) is 36.7 Å². The molecule has 0 bridgehead atoms. The molecule has 0 aliphatic rings. The molecule has 0 fully saturated rings. The molecule has 2 rings (SSSR count). The van der Waals surface area contributed by atoms with E-state index in [9.17, 15) is 19.2 Å². The number of hydrogen-bond acceptors (Lipinski definition) is 8. The number of carbonyl (C=O) groups is 3. The molecule has 154 valence electrons. The number of carbonyl (C=O) groups excluding carboxylic acids is 3. The maximum atomic E-state index is 12.3. The van der Waals surface area contributed by atoms with Crippen molar-refractivity contribution in [2.75, 3.05) is 20.0 Å². The van der Waals surface area contributed by atoms with Crippen LogP contribution in [0.5, 0.6) is 0 Å². The number of ether oxygens (including phenoxy) is 2. The Bertz CT molecular complexity index is 916. The number of nitrogens with zero attached hydrogens (tertiary/aromatic N) is 1. The molecule has 9 nitrogen and oxygen atoms in total. The second-order valence-corrected chi connectivity index (χ2v) is 6.88. The van der Waals surface area contributed by atoms with Gasteiger partial charge in [0, 0.05) is 12.5 Å². The molecule has 1 heterocycles. The maximum Gasteiger partial charge on any atom is 0.328 e. The van der Waals surface area contributed by atoms with Crippen LogP contribution in [0.25, 0.3) is 0 Å². The van der Waals surface area contributed by atoms with Crippen LogP contribution in [0.1, 0.15) is 11.3 Å². The Kier molecular flexibility index (Phi) is 8.41. The first-order chi connectivity index (χ1) is 13.9. The van der Waals surface area contributed by atoms with E-state index in [2.05, 4.69) is 20.0 Å². The van der Waals surface area contributed by atoms with Crippen molar-refractivity contribution in [3.63, 3.8) is 0 Å². The number of thioether (sulfide) groups is 1. The molecule has 0 saturated carbocycles. The monoisotopic (exact) mass is 419 g/mol. The minimum absolute atomic E-state index is 0.0904. The van der Waals surface area contributed by atoms with Gasteiger partial charge in [0.2, 0.25) is 5.91 Å². The first kappa shape index (κ1) is 22.2. The third-order valence-corrected chi connectivity index (χ3v) is 4.64. The largest absolute Gasteiger partial charge is 0.469 e. The van der Waals surface area contributed by atoms with Crippen LogP contribution in [0.2, 0.25) is 0 Å². The number of H-pyrrole nitrogens is 1. The highest BCUT2D eigenvalue weighted by atomic mass is 32.2. The minimum atomic E-state index is -0.840. The van der Waals surface area contributed by atoms with Gasteiger partial charge in [-0.05, 0) is 5.56 Å². The van der Waals surface area contributed by atoms with Crippen molar-refractivity contribution in [3.8, 4) is 0 Å². The molecule has 0 aliphatic heterocycles. The van der Waals surface area contributed by atoms with Gasteiger partial charge in [0.05, 0.1) is 32.1 Å². The molecule has 29 heavy (non-hydrogen) atoms. The smallest absolute Gasteiger partial charge is 0.328 e. The highest BCUT2D eigenvalue weighted by molar-refractivity contribution is 7.99. The third kappa shape index (κ3) is 7.41. The summed E-state index contributed by atoms with van der Waals surface area (Å²) in [5, 5.41) is 2.81. The molecule has 0 saturated heterocycles. The van der Waals surface area contributed by atoms with E-state index < -0.39 is 29.4 Å². The normalized spacial score (nSPS) is 11.4. The average Bonchev–Trinajstić information content (AvgIpc) is 2.71. The lowest BCUT2D eigenvalue weighted by molar-refractivity contribution is -0.144. The lowest BCUT2D eigenvalue weighted by Crippen LogP contribution is -2.43. The van der Waals surface area contributed by atoms with Crippen LogP contribution >= 0.6 is 11.8 Å². The summed E-state index contributed by atoms with van der Waals surface area (Å²) in [7, 11) is 2.49. The van der Waals surface area contributed by atoms with Gasteiger partial charge in [0.1, 0.15) is 6.04 Å². The Morgan fingerprint density at radius 2 is 1.90 bits per heavy atom. The van der Waals surface area contributed by atoms with Crippen LogP contribution in [-0.4, -0.2) is 53.8 Å². The Hall–Kier alpha value is -3.14. The summed E-state index contributed by atoms with van der Waals surface area (Å²) in [5.74, 6) is -1.60. The Morgan fingerprint density at radius 3 is 2.55 bits per heavy atom. The van der Waals surface area contributed by atoms with E-state index >= 15 is 0 Å². The highest BCUT2D eigenvalue weighted by Crippen LogP contribution is 2.12. The van der Waals surface area contributed by atoms with E-state index in [4.69, 9.17) is 4.74 Å². The van der Waals surface area contributed by atoms with Gasteiger partial charge >= 0.3 is 11.9 Å². The first-order valence-corrected chi connectivity index (χ1v) is 9.60. The van der Waals surface area contributed by atoms with Gasteiger partial charge in [0.25, 0.3) is 5.56 Å². The maximum absolute atomic E-state index is 12.3. The summed E-state index contributed by atoms with van der Waals surface area (Å²) in [5.41, 5.74) is 0.663. The van der Waals surface area contributed by atoms with Gasteiger partial charge in [-0.1, -0.05) is 42.1 Å². The van der Waals surface area contributed by atoms with E-state index in [-0.39, 0.29) is 29.4 Å². The SMILES string of the molecule is COC(=O)Cc1cc(=O)[nH]c(SCC(=O)N[C@@H](Cc2ccccc2)C(=O)OC)n1. The summed E-state index contributed by atoms with van der Waals surface area (Å²) >= 11 is 0.976. The quantitative estimate of drug-likeness (QED) is 0.341. The van der Waals surface area contributed by atoms with Gasteiger partial charge < -0.3 is 19.8 Å². The van der Waals surface area contributed by atoms with E-state index in [0.717, 1.165) is 17.3 Å². The van der Waals surface area contributed by atoms with Gasteiger partial charge in [-0.25, -0.2) is 9.78 Å². The van der Waals surface area contributed by atoms with Crippen LogP contribution in [0, 0.1) is 0 Å². The second-order valence-electron chi connectivity index (χ2n) is 5.92. The fourth-order valence-corrected chi connectivity index (χ4v) is 3.12. The van der Waals surface area contributed by atoms with Crippen molar-refractivity contribution in [1.82, 2.24) is 15.3 Å². The van der Waals surface area contributed by atoms with Crippen molar-refractivity contribution in [2.24, 2.45) is 0 Å². The van der Waals surface area contributed by atoms with Crippen LogP contribution in [0.3, 0.4) is 0 Å². The highest BCUT2D eigenvalue weighted by Gasteiger charge is 2.22. The topological polar surface area (TPSA) is 127 Å². The summed E-state index contributed by atoms with van der Waals surface area (Å²) < 4.78 is 9.31. The van der Waals surface area contributed by atoms with Gasteiger partial charge in [-0.3, -0.25) is 14.4 Å². The number of aromatic amines is 1. The molecule has 1 amide bonds. The Balaban J connectivity index is 1.99. The number of benzene rings is 1. The number of methoxy groups -OCH3 is 2. The van der Waals surface area contributed by atoms with Crippen molar-refractivity contribution in [2.45, 2.75) is 24.0 Å². The van der Waals surface area contributed by atoms with Gasteiger partial charge in [0.15, 0.2) is 5.16 Å². The zero-order valence-electron chi connectivity index (χ0n) is 16.0. The van der Waals surface area contributed by atoms with Crippen LogP contribution in [0.4, 0.5) is 0 Å². The molecule has 0 unspecified atom stereocenters. The number of esters is 2. The number of aromatic nitrogens is 2. The predicted octanol–water partition coefficient (Wildman–Crippen LogP) is 0.478.